The van der Waals surface area contributed by atoms with E-state index in [1.807, 2.05) is 6.07 Å². The lowest BCUT2D eigenvalue weighted by molar-refractivity contribution is 0.354. The molecule has 3 atom stereocenters. The largest absolute Gasteiger partial charge is 0.348 e. The second-order valence-electron chi connectivity index (χ2n) is 7.03. The van der Waals surface area contributed by atoms with Gasteiger partial charge in [0.05, 0.1) is 0 Å². The number of thiazole rings is 2. The topological polar surface area (TPSA) is 63.1 Å². The van der Waals surface area contributed by atoms with Crippen LogP contribution >= 0.6 is 38.6 Å². The molecular formula is C17H18BrN5OS2. The van der Waals surface area contributed by atoms with Crippen molar-refractivity contribution < 1.29 is 0 Å². The highest BCUT2D eigenvalue weighted by atomic mass is 79.9. The van der Waals surface area contributed by atoms with Gasteiger partial charge in [-0.1, -0.05) is 38.6 Å². The van der Waals surface area contributed by atoms with Crippen LogP contribution in [0.15, 0.2) is 27.6 Å². The molecule has 0 spiro atoms. The number of fused-ring (bicyclic) bond motifs is 3. The Kier molecular flexibility index (Phi) is 4.15. The summed E-state index contributed by atoms with van der Waals surface area (Å²) in [5.74, 6) is 0. The van der Waals surface area contributed by atoms with E-state index >= 15 is 0 Å². The number of piperidine rings is 1. The maximum Gasteiger partial charge on any atom is 0.258 e. The highest BCUT2D eigenvalue weighted by Gasteiger charge is 2.36. The van der Waals surface area contributed by atoms with Gasteiger partial charge in [-0.25, -0.2) is 9.97 Å². The van der Waals surface area contributed by atoms with Gasteiger partial charge in [-0.05, 0) is 31.7 Å². The predicted molar refractivity (Wildman–Crippen MR) is 110 cm³/mol. The Bertz CT molecular complexity index is 984. The molecule has 2 fully saturated rings. The van der Waals surface area contributed by atoms with Crippen LogP contribution in [0.1, 0.15) is 25.7 Å². The molecule has 5 heterocycles. The summed E-state index contributed by atoms with van der Waals surface area (Å²) in [5, 5.41) is 5.39. The minimum Gasteiger partial charge on any atom is -0.348 e. The lowest BCUT2D eigenvalue weighted by Crippen LogP contribution is -2.47. The van der Waals surface area contributed by atoms with Crippen molar-refractivity contribution in [2.45, 2.75) is 43.8 Å². The lowest BCUT2D eigenvalue weighted by atomic mass is 9.99. The third-order valence-corrected chi connectivity index (χ3v) is 7.95. The van der Waals surface area contributed by atoms with E-state index < -0.39 is 0 Å². The molecule has 6 nitrogen and oxygen atoms in total. The van der Waals surface area contributed by atoms with Crippen LogP contribution in [-0.4, -0.2) is 39.7 Å². The van der Waals surface area contributed by atoms with Crippen molar-refractivity contribution in [1.29, 1.82) is 0 Å². The van der Waals surface area contributed by atoms with E-state index in [9.17, 15) is 4.79 Å². The maximum absolute atomic E-state index is 12.2. The molecule has 0 radical (unpaired) electrons. The van der Waals surface area contributed by atoms with Crippen LogP contribution in [-0.2, 0) is 0 Å². The first-order chi connectivity index (χ1) is 12.6. The van der Waals surface area contributed by atoms with Gasteiger partial charge in [-0.15, -0.1) is 0 Å². The van der Waals surface area contributed by atoms with Crippen LogP contribution < -0.4 is 15.8 Å². The van der Waals surface area contributed by atoms with E-state index in [0.29, 0.717) is 23.3 Å². The van der Waals surface area contributed by atoms with E-state index in [2.05, 4.69) is 38.2 Å². The molecule has 0 amide bonds. The maximum atomic E-state index is 12.2. The first kappa shape index (κ1) is 16.9. The van der Waals surface area contributed by atoms with Crippen molar-refractivity contribution in [3.8, 4) is 5.13 Å². The Morgan fingerprint density at radius 1 is 1.23 bits per heavy atom. The zero-order valence-electron chi connectivity index (χ0n) is 14.2. The molecule has 0 unspecified atom stereocenters. The van der Waals surface area contributed by atoms with Gasteiger partial charge in [0.1, 0.15) is 0 Å². The van der Waals surface area contributed by atoms with Crippen molar-refractivity contribution in [3.63, 3.8) is 0 Å². The molecule has 0 saturated carbocycles. The fraction of sp³-hybridized carbons (Fsp3) is 0.471. The molecule has 2 aliphatic heterocycles. The molecule has 3 aromatic rings. The Hall–Kier alpha value is -1.29. The highest BCUT2D eigenvalue weighted by Crippen LogP contribution is 2.36. The fourth-order valence-corrected chi connectivity index (χ4v) is 6.36. The van der Waals surface area contributed by atoms with Crippen LogP contribution in [0.3, 0.4) is 0 Å². The molecule has 9 heteroatoms. The van der Waals surface area contributed by atoms with E-state index in [0.717, 1.165) is 19.3 Å². The van der Waals surface area contributed by atoms with Gasteiger partial charge >= 0.3 is 0 Å². The van der Waals surface area contributed by atoms with Gasteiger partial charge in [0.15, 0.2) is 19.9 Å². The first-order valence-corrected chi connectivity index (χ1v) is 11.1. The Labute approximate surface area is 167 Å². The molecule has 2 aliphatic rings. The summed E-state index contributed by atoms with van der Waals surface area (Å²) in [5.41, 5.74) is -0.0942. The smallest absolute Gasteiger partial charge is 0.258 e. The SMILES string of the molecule is CN(c1nc2sc(-n3ccc(Br)cc3=O)nc2s1)[C@@H]1C[C@H]2CC[C@@H](C1)N2. The third kappa shape index (κ3) is 2.90. The summed E-state index contributed by atoms with van der Waals surface area (Å²) < 4.78 is 2.34. The van der Waals surface area contributed by atoms with Crippen LogP contribution in [0, 0.1) is 0 Å². The number of anilines is 1. The lowest BCUT2D eigenvalue weighted by Gasteiger charge is -2.35. The van der Waals surface area contributed by atoms with Crippen LogP contribution in [0.4, 0.5) is 5.13 Å². The zero-order valence-corrected chi connectivity index (χ0v) is 17.4. The fourth-order valence-electron chi connectivity index (χ4n) is 3.99. The molecule has 2 saturated heterocycles. The quantitative estimate of drug-likeness (QED) is 0.660. The number of hydrogen-bond acceptors (Lipinski definition) is 7. The van der Waals surface area contributed by atoms with Crippen molar-refractivity contribution in [1.82, 2.24) is 19.9 Å². The number of rotatable bonds is 3. The van der Waals surface area contributed by atoms with E-state index in [1.54, 1.807) is 28.2 Å². The zero-order chi connectivity index (χ0) is 17.8. The minimum absolute atomic E-state index is 0.0942. The predicted octanol–water partition coefficient (Wildman–Crippen LogP) is 3.39. The molecule has 1 N–H and O–H groups in total. The average Bonchev–Trinajstić information content (AvgIpc) is 3.27. The molecule has 2 bridgehead atoms. The van der Waals surface area contributed by atoms with E-state index in [-0.39, 0.29) is 5.56 Å². The molecule has 136 valence electrons. The Morgan fingerprint density at radius 3 is 2.65 bits per heavy atom. The Balaban J connectivity index is 1.42. The minimum atomic E-state index is -0.0942. The number of nitrogens with zero attached hydrogens (tertiary/aromatic N) is 4. The summed E-state index contributed by atoms with van der Waals surface area (Å²) in [6.07, 6.45) is 6.72. The summed E-state index contributed by atoms with van der Waals surface area (Å²) >= 11 is 6.40. The van der Waals surface area contributed by atoms with Gasteiger partial charge in [0.25, 0.3) is 5.56 Å². The standard InChI is InChI=1S/C17H18BrN5OS2/c1-22(12-7-10-2-3-11(8-12)19-10)16-20-14-15(25-16)21-17(26-14)23-5-4-9(18)6-13(23)24/h4-6,10-12,19H,2-3,7-8H2,1H3/t10-,11+,12-. The summed E-state index contributed by atoms with van der Waals surface area (Å²) in [7, 11) is 2.15. The van der Waals surface area contributed by atoms with Crippen LogP contribution in [0.2, 0.25) is 0 Å². The van der Waals surface area contributed by atoms with E-state index in [1.165, 1.54) is 37.0 Å². The molecule has 5 rings (SSSR count). The Morgan fingerprint density at radius 2 is 1.96 bits per heavy atom. The third-order valence-electron chi connectivity index (χ3n) is 5.34. The molecule has 26 heavy (non-hydrogen) atoms. The van der Waals surface area contributed by atoms with Crippen molar-refractivity contribution in [2.75, 3.05) is 11.9 Å². The number of nitrogens with one attached hydrogen (secondary N) is 1. The van der Waals surface area contributed by atoms with Gasteiger partial charge in [0, 0.05) is 41.9 Å². The monoisotopic (exact) mass is 451 g/mol. The molecule has 0 aromatic carbocycles. The van der Waals surface area contributed by atoms with Gasteiger partial charge in [0.2, 0.25) is 0 Å². The van der Waals surface area contributed by atoms with Crippen molar-refractivity contribution in [2.24, 2.45) is 0 Å². The van der Waals surface area contributed by atoms with E-state index in [4.69, 9.17) is 4.98 Å². The molecule has 3 aromatic heterocycles. The number of aromatic nitrogens is 3. The molecule has 0 aliphatic carbocycles. The second kappa shape index (κ2) is 6.40. The van der Waals surface area contributed by atoms with Gasteiger partial charge in [-0.2, -0.15) is 0 Å². The van der Waals surface area contributed by atoms with Crippen molar-refractivity contribution in [3.05, 3.63) is 33.2 Å². The normalized spacial score (nSPS) is 25.1. The number of pyridine rings is 1. The molecular weight excluding hydrogens is 434 g/mol. The van der Waals surface area contributed by atoms with Crippen LogP contribution in [0.5, 0.6) is 0 Å². The van der Waals surface area contributed by atoms with Crippen LogP contribution in [0.25, 0.3) is 14.8 Å². The summed E-state index contributed by atoms with van der Waals surface area (Å²) in [6, 6.07) is 5.26. The second-order valence-corrected chi connectivity index (χ2v) is 9.86. The average molecular weight is 452 g/mol. The first-order valence-electron chi connectivity index (χ1n) is 8.71. The van der Waals surface area contributed by atoms with Gasteiger partial charge in [-0.3, -0.25) is 9.36 Å². The van der Waals surface area contributed by atoms with Gasteiger partial charge < -0.3 is 10.2 Å². The number of hydrogen-bond donors (Lipinski definition) is 1. The number of halogens is 1. The summed E-state index contributed by atoms with van der Waals surface area (Å²) in [4.78, 5) is 25.7. The van der Waals surface area contributed by atoms with Crippen molar-refractivity contribution >= 4 is 53.4 Å². The highest BCUT2D eigenvalue weighted by molar-refractivity contribution is 9.10. The summed E-state index contributed by atoms with van der Waals surface area (Å²) in [6.45, 7) is 0.